The molecule has 0 spiro atoms. The summed E-state index contributed by atoms with van der Waals surface area (Å²) in [6.45, 7) is 19.7. The Balaban J connectivity index is 1.97. The molecule has 0 radical (unpaired) electrons. The molecule has 1 saturated heterocycles. The molecular weight excluding hydrogens is 394 g/mol. The summed E-state index contributed by atoms with van der Waals surface area (Å²) < 4.78 is 33.9. The molecule has 1 aliphatic rings. The van der Waals surface area contributed by atoms with Crippen LogP contribution in [-0.4, -0.2) is 33.2 Å². The van der Waals surface area contributed by atoms with E-state index in [4.69, 9.17) is 13.7 Å². The van der Waals surface area contributed by atoms with Gasteiger partial charge in [-0.15, -0.1) is 0 Å². The average Bonchev–Trinajstić information content (AvgIpc) is 2.82. The minimum absolute atomic E-state index is 0.123. The van der Waals surface area contributed by atoms with Gasteiger partial charge in [-0.3, -0.25) is 0 Å². The van der Waals surface area contributed by atoms with E-state index in [1.807, 2.05) is 52.0 Å². The molecule has 1 heterocycles. The number of halogens is 1. The van der Waals surface area contributed by atoms with Gasteiger partial charge in [-0.05, 0) is 80.1 Å². The van der Waals surface area contributed by atoms with Gasteiger partial charge in [0.1, 0.15) is 5.82 Å². The molecule has 30 heavy (non-hydrogen) atoms. The fraction of sp³-hybridized carbons (Fsp3) is 0.583. The molecule has 6 heteroatoms. The van der Waals surface area contributed by atoms with Crippen molar-refractivity contribution in [1.29, 1.82) is 0 Å². The van der Waals surface area contributed by atoms with Gasteiger partial charge in [0.2, 0.25) is 0 Å². The zero-order valence-electron chi connectivity index (χ0n) is 20.0. The molecule has 2 aromatic rings. The SMILES string of the molecule is CC1(C)OB(c2cccc3ccc(F)c(CCO[Si](C)(C)C(C)(C)C)c23)OC1(C)C. The second-order valence-electron chi connectivity index (χ2n) is 10.9. The Bertz CT molecular complexity index is 918. The fourth-order valence-electron chi connectivity index (χ4n) is 3.49. The van der Waals surface area contributed by atoms with E-state index in [9.17, 15) is 0 Å². The van der Waals surface area contributed by atoms with Crippen molar-refractivity contribution in [3.63, 3.8) is 0 Å². The zero-order valence-corrected chi connectivity index (χ0v) is 21.0. The van der Waals surface area contributed by atoms with Crippen molar-refractivity contribution in [2.75, 3.05) is 6.61 Å². The standard InChI is InChI=1S/C24H36BFO3Si/c1-22(2,3)30(8,9)27-16-15-18-20(26)14-13-17-11-10-12-19(21(17)18)25-28-23(4,5)24(6,7)29-25/h10-14H,15-16H2,1-9H3. The van der Waals surface area contributed by atoms with Gasteiger partial charge in [0.15, 0.2) is 8.32 Å². The molecule has 2 aromatic carbocycles. The second-order valence-corrected chi connectivity index (χ2v) is 15.7. The lowest BCUT2D eigenvalue weighted by atomic mass is 9.74. The summed E-state index contributed by atoms with van der Waals surface area (Å²) in [7, 11) is -2.42. The van der Waals surface area contributed by atoms with Gasteiger partial charge in [-0.25, -0.2) is 4.39 Å². The number of hydrogen-bond acceptors (Lipinski definition) is 3. The molecule has 0 saturated carbocycles. The molecule has 3 rings (SSSR count). The maximum Gasteiger partial charge on any atom is 0.495 e. The minimum Gasteiger partial charge on any atom is -0.416 e. The highest BCUT2D eigenvalue weighted by molar-refractivity contribution is 6.74. The largest absolute Gasteiger partial charge is 0.495 e. The van der Waals surface area contributed by atoms with Crippen LogP contribution in [0.4, 0.5) is 4.39 Å². The molecular formula is C24H36BFO3Si. The van der Waals surface area contributed by atoms with Gasteiger partial charge in [0.05, 0.1) is 11.2 Å². The van der Waals surface area contributed by atoms with Crippen LogP contribution in [0.1, 0.15) is 54.0 Å². The number of benzene rings is 2. The van der Waals surface area contributed by atoms with E-state index in [1.54, 1.807) is 6.07 Å². The normalized spacial score (nSPS) is 18.9. The van der Waals surface area contributed by atoms with Crippen molar-refractivity contribution in [1.82, 2.24) is 0 Å². The third-order valence-corrected chi connectivity index (χ3v) is 11.8. The van der Waals surface area contributed by atoms with Crippen molar-refractivity contribution in [2.45, 2.75) is 84.2 Å². The van der Waals surface area contributed by atoms with Crippen LogP contribution in [0.15, 0.2) is 30.3 Å². The molecule has 0 aliphatic carbocycles. The Hall–Kier alpha value is -1.21. The van der Waals surface area contributed by atoms with Crippen molar-refractivity contribution >= 4 is 31.7 Å². The van der Waals surface area contributed by atoms with Crippen molar-refractivity contribution in [3.05, 3.63) is 41.7 Å². The van der Waals surface area contributed by atoms with Crippen LogP contribution in [-0.2, 0) is 20.2 Å². The highest BCUT2D eigenvalue weighted by atomic mass is 28.4. The van der Waals surface area contributed by atoms with Crippen LogP contribution in [0.5, 0.6) is 0 Å². The van der Waals surface area contributed by atoms with Crippen LogP contribution >= 0.6 is 0 Å². The summed E-state index contributed by atoms with van der Waals surface area (Å²) in [4.78, 5) is 0. The summed E-state index contributed by atoms with van der Waals surface area (Å²) >= 11 is 0. The maximum atomic E-state index is 15.0. The Morgan fingerprint density at radius 3 is 2.17 bits per heavy atom. The Morgan fingerprint density at radius 1 is 1.00 bits per heavy atom. The molecule has 1 fully saturated rings. The quantitative estimate of drug-likeness (QED) is 0.558. The average molecular weight is 430 g/mol. The van der Waals surface area contributed by atoms with Gasteiger partial charge in [-0.2, -0.15) is 0 Å². The van der Waals surface area contributed by atoms with Crippen LogP contribution in [0.25, 0.3) is 10.8 Å². The van der Waals surface area contributed by atoms with E-state index < -0.39 is 26.6 Å². The van der Waals surface area contributed by atoms with E-state index in [-0.39, 0.29) is 10.9 Å². The Morgan fingerprint density at radius 2 is 1.60 bits per heavy atom. The Labute approximate surface area is 182 Å². The zero-order chi connectivity index (χ0) is 22.5. The first-order valence-corrected chi connectivity index (χ1v) is 13.8. The summed E-state index contributed by atoms with van der Waals surface area (Å²) in [5, 5.41) is 2.00. The van der Waals surface area contributed by atoms with Crippen molar-refractivity contribution in [3.8, 4) is 0 Å². The third-order valence-electron chi connectivity index (χ3n) is 7.26. The lowest BCUT2D eigenvalue weighted by molar-refractivity contribution is 0.00578. The first kappa shape index (κ1) is 23.5. The molecule has 0 unspecified atom stereocenters. The molecule has 164 valence electrons. The molecule has 0 bridgehead atoms. The van der Waals surface area contributed by atoms with Crippen molar-refractivity contribution in [2.24, 2.45) is 0 Å². The molecule has 0 amide bonds. The van der Waals surface area contributed by atoms with Crippen LogP contribution in [0, 0.1) is 5.82 Å². The summed E-state index contributed by atoms with van der Waals surface area (Å²) in [6, 6.07) is 9.37. The lowest BCUT2D eigenvalue weighted by Crippen LogP contribution is -2.41. The van der Waals surface area contributed by atoms with Crippen molar-refractivity contribution < 1.29 is 18.1 Å². The number of hydrogen-bond donors (Lipinski definition) is 0. The van der Waals surface area contributed by atoms with Gasteiger partial charge in [0.25, 0.3) is 0 Å². The number of rotatable bonds is 5. The lowest BCUT2D eigenvalue weighted by Gasteiger charge is -2.36. The summed E-state index contributed by atoms with van der Waals surface area (Å²) in [5.41, 5.74) is 0.668. The van der Waals surface area contributed by atoms with Gasteiger partial charge < -0.3 is 13.7 Å². The van der Waals surface area contributed by atoms with Gasteiger partial charge >= 0.3 is 7.12 Å². The Kier molecular flexibility index (Phi) is 6.05. The summed E-state index contributed by atoms with van der Waals surface area (Å²) in [5.74, 6) is -0.203. The molecule has 1 aliphatic heterocycles. The second kappa shape index (κ2) is 7.73. The third kappa shape index (κ3) is 4.25. The molecule has 0 aromatic heterocycles. The first-order valence-electron chi connectivity index (χ1n) is 10.9. The summed E-state index contributed by atoms with van der Waals surface area (Å²) in [6.07, 6.45) is 0.520. The van der Waals surface area contributed by atoms with Gasteiger partial charge in [0, 0.05) is 6.61 Å². The van der Waals surface area contributed by atoms with Crippen LogP contribution in [0.2, 0.25) is 18.1 Å². The predicted molar refractivity (Wildman–Crippen MR) is 126 cm³/mol. The molecule has 3 nitrogen and oxygen atoms in total. The van der Waals surface area contributed by atoms with Crippen LogP contribution < -0.4 is 5.46 Å². The van der Waals surface area contributed by atoms with E-state index in [0.717, 1.165) is 16.2 Å². The van der Waals surface area contributed by atoms with E-state index in [1.165, 1.54) is 0 Å². The predicted octanol–water partition coefficient (Wildman–Crippen LogP) is 5.84. The van der Waals surface area contributed by atoms with Crippen LogP contribution in [0.3, 0.4) is 0 Å². The fourth-order valence-corrected chi connectivity index (χ4v) is 4.54. The monoisotopic (exact) mass is 430 g/mol. The molecule has 0 atom stereocenters. The minimum atomic E-state index is -1.89. The first-order chi connectivity index (χ1) is 13.7. The highest BCUT2D eigenvalue weighted by Crippen LogP contribution is 2.38. The topological polar surface area (TPSA) is 27.7 Å². The maximum absolute atomic E-state index is 15.0. The van der Waals surface area contributed by atoms with E-state index in [2.05, 4.69) is 33.9 Å². The van der Waals surface area contributed by atoms with E-state index in [0.29, 0.717) is 18.6 Å². The van der Waals surface area contributed by atoms with Gasteiger partial charge in [-0.1, -0.05) is 45.0 Å². The highest BCUT2D eigenvalue weighted by Gasteiger charge is 2.52. The smallest absolute Gasteiger partial charge is 0.416 e. The number of fused-ring (bicyclic) bond motifs is 1. The van der Waals surface area contributed by atoms with E-state index >= 15 is 4.39 Å². The molecule has 0 N–H and O–H groups in total.